The lowest BCUT2D eigenvalue weighted by molar-refractivity contribution is -0.141. The van der Waals surface area contributed by atoms with E-state index in [1.165, 1.54) is 6.92 Å². The van der Waals surface area contributed by atoms with Crippen molar-refractivity contribution in [2.24, 2.45) is 40.3 Å². The number of rotatable bonds is 46. The van der Waals surface area contributed by atoms with Crippen LogP contribution in [0.5, 0.6) is 0 Å². The van der Waals surface area contributed by atoms with Crippen LogP contribution in [0.1, 0.15) is 129 Å². The summed E-state index contributed by atoms with van der Waals surface area (Å²) in [6.45, 7) is 6.40. The van der Waals surface area contributed by atoms with Crippen molar-refractivity contribution in [3.63, 3.8) is 0 Å². The summed E-state index contributed by atoms with van der Waals surface area (Å²) in [7, 11) is 0. The Hall–Kier alpha value is -5.66. The fraction of sp³-hybridized carbons (Fsp3) is 0.709. The minimum Gasteiger partial charge on any atom is -0.480 e. The number of hydrogen-bond donors (Lipinski definition) is 19. The van der Waals surface area contributed by atoms with E-state index in [-0.39, 0.29) is 82.0 Å². The van der Waals surface area contributed by atoms with Crippen molar-refractivity contribution >= 4 is 84.4 Å². The standard InChI is InChI=1S/C55H99N15O12S2/c1-33(2)29-41(51(77)63-37(20-8-13-25-57)47(73)62-39(22-10-15-27-59)50(76)69-44(32-84)55(81)82)66-52(78)42(30-35-17-5-4-6-18-35)67-48(74)38(21-9-14-26-58)64-53(79)43(31-83)68-49(75)40(23-11-16-28-60)65-54(80)45(34(3)71)70-46(72)36(61)19-7-12-24-56/h4-6,17-18,33-34,36-45,71,83-84H,7-16,19-32,56-61H2,1-3H3,(H,62,73)(H,63,77)(H,64,79)(H,65,80)(H,66,78)(H,67,74)(H,68,75)(H,69,76)(H,70,72)(H,81,82)/t34-,36+,37+,38+,39+,40+,41+,42+,43+,44+,45+/m1/s1. The lowest BCUT2D eigenvalue weighted by Gasteiger charge is -2.29. The van der Waals surface area contributed by atoms with Crippen molar-refractivity contribution in [2.45, 2.75) is 196 Å². The van der Waals surface area contributed by atoms with Crippen LogP contribution in [0.3, 0.4) is 0 Å². The third-order valence-corrected chi connectivity index (χ3v) is 14.3. The van der Waals surface area contributed by atoms with Gasteiger partial charge in [0, 0.05) is 17.9 Å². The fourth-order valence-electron chi connectivity index (χ4n) is 8.66. The number of nitrogens with one attached hydrogen (secondary N) is 9. The second-order valence-electron chi connectivity index (χ2n) is 21.3. The molecule has 1 aromatic carbocycles. The number of carbonyl (C=O) groups is 10. The third kappa shape index (κ3) is 30.4. The maximum Gasteiger partial charge on any atom is 0.327 e. The van der Waals surface area contributed by atoms with Crippen molar-refractivity contribution < 1.29 is 58.2 Å². The van der Waals surface area contributed by atoms with Gasteiger partial charge >= 0.3 is 5.97 Å². The number of benzene rings is 1. The first-order valence-electron chi connectivity index (χ1n) is 29.2. The Balaban J connectivity index is 3.58. The zero-order chi connectivity index (χ0) is 63.1. The van der Waals surface area contributed by atoms with Crippen LogP contribution in [0.4, 0.5) is 0 Å². The second kappa shape index (κ2) is 43.9. The number of aliphatic carboxylic acids is 1. The van der Waals surface area contributed by atoms with Gasteiger partial charge in [-0.15, -0.1) is 0 Å². The van der Waals surface area contributed by atoms with Crippen molar-refractivity contribution in [2.75, 3.05) is 44.2 Å². The van der Waals surface area contributed by atoms with Gasteiger partial charge in [-0.2, -0.15) is 25.3 Å². The lowest BCUT2D eigenvalue weighted by atomic mass is 9.99. The number of amides is 9. The lowest BCUT2D eigenvalue weighted by Crippen LogP contribution is -2.61. The van der Waals surface area contributed by atoms with E-state index < -0.39 is 126 Å². The zero-order valence-electron chi connectivity index (χ0n) is 49.1. The highest BCUT2D eigenvalue weighted by Crippen LogP contribution is 2.13. The molecule has 478 valence electrons. The second-order valence-corrected chi connectivity index (χ2v) is 22.0. The predicted molar refractivity (Wildman–Crippen MR) is 327 cm³/mol. The topological polar surface area (TPSA) is 476 Å². The molecule has 0 aromatic heterocycles. The van der Waals surface area contributed by atoms with Crippen molar-refractivity contribution in [1.82, 2.24) is 47.9 Å². The van der Waals surface area contributed by atoms with Gasteiger partial charge in [0.05, 0.1) is 12.1 Å². The Morgan fingerprint density at radius 3 is 1.11 bits per heavy atom. The molecule has 0 bridgehead atoms. The first-order valence-corrected chi connectivity index (χ1v) is 30.4. The van der Waals surface area contributed by atoms with Gasteiger partial charge in [-0.25, -0.2) is 4.79 Å². The minimum absolute atomic E-state index is 0.0272. The summed E-state index contributed by atoms with van der Waals surface area (Å²) in [5, 5.41) is 43.8. The number of nitrogens with two attached hydrogens (primary N) is 6. The SMILES string of the molecule is CC(C)C[C@H](NC(=O)[C@H](Cc1ccccc1)NC(=O)[C@H](CCCCN)NC(=O)[C@H](CS)NC(=O)[C@H](CCCCN)NC(=O)[C@@H](NC(=O)[C@@H](N)CCCCN)[C@@H](C)O)C(=O)N[C@@H](CCCCN)C(=O)N[C@@H](CCCCN)C(=O)N[C@@H](CS)C(=O)O. The molecule has 0 fully saturated rings. The average molecular weight is 1230 g/mol. The van der Waals surface area contributed by atoms with Crippen LogP contribution >= 0.6 is 25.3 Å². The number of aliphatic hydroxyl groups excluding tert-OH is 1. The average Bonchev–Trinajstić information content (AvgIpc) is 3.46. The molecule has 9 amide bonds. The van der Waals surface area contributed by atoms with E-state index in [0.717, 1.165) is 0 Å². The molecule has 27 nitrogen and oxygen atoms in total. The largest absolute Gasteiger partial charge is 0.480 e. The van der Waals surface area contributed by atoms with Crippen LogP contribution in [0, 0.1) is 5.92 Å². The van der Waals surface area contributed by atoms with Gasteiger partial charge in [0.15, 0.2) is 0 Å². The Labute approximate surface area is 505 Å². The van der Waals surface area contributed by atoms with Gasteiger partial charge in [0.1, 0.15) is 54.4 Å². The van der Waals surface area contributed by atoms with E-state index >= 15 is 0 Å². The van der Waals surface area contributed by atoms with Crippen LogP contribution in [0.2, 0.25) is 0 Å². The zero-order valence-corrected chi connectivity index (χ0v) is 50.9. The number of thiol groups is 2. The van der Waals surface area contributed by atoms with E-state index in [1.807, 2.05) is 13.8 Å². The molecule has 1 aromatic rings. The molecule has 0 saturated carbocycles. The third-order valence-electron chi connectivity index (χ3n) is 13.6. The van der Waals surface area contributed by atoms with Gasteiger partial charge in [-0.1, -0.05) is 50.6 Å². The molecule has 0 unspecified atom stereocenters. The van der Waals surface area contributed by atoms with Gasteiger partial charge < -0.3 is 92.5 Å². The Morgan fingerprint density at radius 1 is 0.417 bits per heavy atom. The first kappa shape index (κ1) is 76.4. The van der Waals surface area contributed by atoms with Crippen LogP contribution in [0.25, 0.3) is 0 Å². The van der Waals surface area contributed by atoms with E-state index in [0.29, 0.717) is 82.9 Å². The molecule has 11 atom stereocenters. The summed E-state index contributed by atoms with van der Waals surface area (Å²) in [5.41, 5.74) is 35.2. The first-order chi connectivity index (χ1) is 40.0. The van der Waals surface area contributed by atoms with Crippen LogP contribution in [0.15, 0.2) is 30.3 Å². The van der Waals surface area contributed by atoms with E-state index in [4.69, 9.17) is 34.4 Å². The molecule has 23 N–H and O–H groups in total. The maximum atomic E-state index is 14.6. The highest BCUT2D eigenvalue weighted by atomic mass is 32.1. The molecule has 0 heterocycles. The Kier molecular flexibility index (Phi) is 39.9. The smallest absolute Gasteiger partial charge is 0.327 e. The summed E-state index contributed by atoms with van der Waals surface area (Å²) in [6.07, 6.45) is 3.64. The van der Waals surface area contributed by atoms with E-state index in [1.54, 1.807) is 30.3 Å². The number of unbranched alkanes of at least 4 members (excludes halogenated alkanes) is 5. The fourth-order valence-corrected chi connectivity index (χ4v) is 9.17. The maximum absolute atomic E-state index is 14.6. The molecule has 84 heavy (non-hydrogen) atoms. The molecule has 0 radical (unpaired) electrons. The molecular weight excluding hydrogens is 1130 g/mol. The summed E-state index contributed by atoms with van der Waals surface area (Å²) in [5.74, 6) is -9.15. The van der Waals surface area contributed by atoms with E-state index in [2.05, 4.69) is 73.1 Å². The molecule has 1 rings (SSSR count). The predicted octanol–water partition coefficient (Wildman–Crippen LogP) is -3.06. The monoisotopic (exact) mass is 1230 g/mol. The van der Waals surface area contributed by atoms with Crippen LogP contribution in [-0.2, 0) is 54.4 Å². The molecule has 0 spiro atoms. The van der Waals surface area contributed by atoms with Crippen LogP contribution in [-0.4, -0.2) is 180 Å². The normalized spacial score (nSPS) is 15.2. The highest BCUT2D eigenvalue weighted by molar-refractivity contribution is 7.80. The summed E-state index contributed by atoms with van der Waals surface area (Å²) in [6, 6.07) is -4.25. The van der Waals surface area contributed by atoms with Crippen molar-refractivity contribution in [1.29, 1.82) is 0 Å². The number of carbonyl (C=O) groups excluding carboxylic acids is 9. The van der Waals surface area contributed by atoms with Gasteiger partial charge in [0.25, 0.3) is 0 Å². The van der Waals surface area contributed by atoms with Gasteiger partial charge in [0.2, 0.25) is 53.2 Å². The van der Waals surface area contributed by atoms with E-state index in [9.17, 15) is 58.2 Å². The molecule has 0 saturated heterocycles. The molecule has 0 aliphatic carbocycles. The number of carboxylic acid groups (broad SMARTS) is 1. The minimum atomic E-state index is -1.51. The van der Waals surface area contributed by atoms with Crippen molar-refractivity contribution in [3.8, 4) is 0 Å². The molecule has 29 heteroatoms. The molecule has 0 aliphatic rings. The molecular formula is C55H99N15O12S2. The Morgan fingerprint density at radius 2 is 0.738 bits per heavy atom. The van der Waals surface area contributed by atoms with Gasteiger partial charge in [-0.05, 0) is 147 Å². The summed E-state index contributed by atoms with van der Waals surface area (Å²) in [4.78, 5) is 137. The number of aliphatic hydroxyl groups is 1. The van der Waals surface area contributed by atoms with Crippen LogP contribution < -0.4 is 82.3 Å². The molecule has 0 aliphatic heterocycles. The van der Waals surface area contributed by atoms with Gasteiger partial charge in [-0.3, -0.25) is 43.2 Å². The highest BCUT2D eigenvalue weighted by Gasteiger charge is 2.36. The quantitative estimate of drug-likeness (QED) is 0.0228. The van der Waals surface area contributed by atoms with Crippen molar-refractivity contribution in [3.05, 3.63) is 35.9 Å². The number of hydrogen-bond acceptors (Lipinski definition) is 19. The summed E-state index contributed by atoms with van der Waals surface area (Å²) < 4.78 is 0. The summed E-state index contributed by atoms with van der Waals surface area (Å²) >= 11 is 8.35. The number of carboxylic acids is 1. The Bertz CT molecular complexity index is 2170.